The summed E-state index contributed by atoms with van der Waals surface area (Å²) in [6.45, 7) is -1.24. The molecule has 90 valence electrons. The molecule has 1 aromatic rings. The number of halogens is 5. The Kier molecular flexibility index (Phi) is 5.16. The molecule has 0 atom stereocenters. The molecule has 0 amide bonds. The number of hydrogen-bond acceptors (Lipinski definition) is 3. The first kappa shape index (κ1) is 13.9. The number of alkyl halides is 3. The van der Waals surface area contributed by atoms with Gasteiger partial charge in [0.1, 0.15) is 0 Å². The Morgan fingerprint density at radius 1 is 1.38 bits per heavy atom. The lowest BCUT2D eigenvalue weighted by molar-refractivity contribution is -0.190. The van der Waals surface area contributed by atoms with E-state index < -0.39 is 12.8 Å². The second-order valence-electron chi connectivity index (χ2n) is 2.81. The van der Waals surface area contributed by atoms with Gasteiger partial charge in [-0.25, -0.2) is 0 Å². The molecule has 0 saturated carbocycles. The first-order chi connectivity index (χ1) is 7.38. The topological polar surface area (TPSA) is 34.1 Å². The normalized spacial score (nSPS) is 11.8. The molecule has 0 aliphatic heterocycles. The van der Waals surface area contributed by atoms with E-state index in [1.54, 1.807) is 12.3 Å². The van der Waals surface area contributed by atoms with Gasteiger partial charge in [-0.1, -0.05) is 0 Å². The maximum atomic E-state index is 11.7. The smallest absolute Gasteiger partial charge is 0.292 e. The zero-order valence-electron chi connectivity index (χ0n) is 7.81. The number of pyridine rings is 1. The van der Waals surface area contributed by atoms with Crippen LogP contribution in [-0.2, 0) is 11.4 Å². The third-order valence-electron chi connectivity index (χ3n) is 1.46. The Hall–Kier alpha value is -0.180. The number of hydrogen-bond donors (Lipinski definition) is 1. The highest BCUT2D eigenvalue weighted by molar-refractivity contribution is 9.11. The fraction of sp³-hybridized carbons (Fsp3) is 0.375. The van der Waals surface area contributed by atoms with Crippen molar-refractivity contribution in [2.75, 3.05) is 6.61 Å². The minimum Gasteiger partial charge on any atom is -0.292 e. The van der Waals surface area contributed by atoms with Crippen molar-refractivity contribution in [2.45, 2.75) is 12.7 Å². The molecule has 0 aliphatic rings. The molecule has 0 unspecified atom stereocenters. The van der Waals surface area contributed by atoms with Crippen LogP contribution in [0.5, 0.6) is 0 Å². The lowest BCUT2D eigenvalue weighted by atomic mass is 10.3. The van der Waals surface area contributed by atoms with Crippen molar-refractivity contribution in [3.05, 3.63) is 26.9 Å². The Morgan fingerprint density at radius 2 is 2.06 bits per heavy atom. The summed E-state index contributed by atoms with van der Waals surface area (Å²) < 4.78 is 36.6. The van der Waals surface area contributed by atoms with Gasteiger partial charge >= 0.3 is 6.18 Å². The van der Waals surface area contributed by atoms with Crippen molar-refractivity contribution in [3.8, 4) is 0 Å². The molecule has 0 radical (unpaired) electrons. The van der Waals surface area contributed by atoms with E-state index in [4.69, 9.17) is 0 Å². The van der Waals surface area contributed by atoms with Gasteiger partial charge in [0, 0.05) is 15.1 Å². The molecule has 16 heavy (non-hydrogen) atoms. The quantitative estimate of drug-likeness (QED) is 0.659. The average Bonchev–Trinajstić information content (AvgIpc) is 2.13. The third-order valence-corrected chi connectivity index (χ3v) is 2.58. The lowest BCUT2D eigenvalue weighted by Crippen LogP contribution is -2.24. The van der Waals surface area contributed by atoms with Crippen molar-refractivity contribution in [1.29, 1.82) is 0 Å². The maximum absolute atomic E-state index is 11.7. The minimum absolute atomic E-state index is 0.0872. The van der Waals surface area contributed by atoms with Crippen LogP contribution in [0.25, 0.3) is 0 Å². The number of rotatable bonds is 4. The maximum Gasteiger partial charge on any atom is 0.413 e. The fourth-order valence-corrected chi connectivity index (χ4v) is 1.95. The third kappa shape index (κ3) is 5.24. The predicted molar refractivity (Wildman–Crippen MR) is 58.5 cm³/mol. The van der Waals surface area contributed by atoms with Gasteiger partial charge in [0.05, 0.1) is 12.2 Å². The van der Waals surface area contributed by atoms with E-state index >= 15 is 0 Å². The number of aromatic nitrogens is 1. The van der Waals surface area contributed by atoms with Crippen LogP contribution >= 0.6 is 31.9 Å². The molecule has 1 rings (SSSR count). The van der Waals surface area contributed by atoms with Crippen molar-refractivity contribution in [3.63, 3.8) is 0 Å². The Balaban J connectivity index is 2.38. The molecule has 0 fully saturated rings. The molecular weight excluding hydrogens is 357 g/mol. The molecule has 0 aromatic carbocycles. The Morgan fingerprint density at radius 3 is 2.62 bits per heavy atom. The number of nitrogens with zero attached hydrogens (tertiary/aromatic N) is 1. The van der Waals surface area contributed by atoms with Gasteiger partial charge in [0.25, 0.3) is 0 Å². The molecule has 0 aliphatic carbocycles. The van der Waals surface area contributed by atoms with Crippen LogP contribution in [-0.4, -0.2) is 17.8 Å². The molecule has 1 N–H and O–H groups in total. The monoisotopic (exact) mass is 362 g/mol. The first-order valence-corrected chi connectivity index (χ1v) is 5.68. The Labute approximate surface area is 107 Å². The molecule has 0 bridgehead atoms. The summed E-state index contributed by atoms with van der Waals surface area (Å²) >= 11 is 6.44. The van der Waals surface area contributed by atoms with E-state index in [9.17, 15) is 13.2 Å². The summed E-state index contributed by atoms with van der Waals surface area (Å²) in [4.78, 5) is 8.23. The zero-order chi connectivity index (χ0) is 12.2. The predicted octanol–water partition coefficient (Wildman–Crippen LogP) is 3.19. The SMILES string of the molecule is FC(F)(F)CONCc1ncc(Br)cc1Br. The van der Waals surface area contributed by atoms with Crippen LogP contribution in [0.1, 0.15) is 5.69 Å². The van der Waals surface area contributed by atoms with E-state index in [1.165, 1.54) is 0 Å². The summed E-state index contributed by atoms with van der Waals surface area (Å²) in [6.07, 6.45) is -2.79. The van der Waals surface area contributed by atoms with Crippen molar-refractivity contribution >= 4 is 31.9 Å². The van der Waals surface area contributed by atoms with E-state index in [0.29, 0.717) is 10.2 Å². The average molecular weight is 364 g/mol. The fourth-order valence-electron chi connectivity index (χ4n) is 0.825. The lowest BCUT2D eigenvalue weighted by Gasteiger charge is -2.09. The van der Waals surface area contributed by atoms with Gasteiger partial charge in [0.15, 0.2) is 6.61 Å². The zero-order valence-corrected chi connectivity index (χ0v) is 11.0. The summed E-state index contributed by atoms with van der Waals surface area (Å²) in [7, 11) is 0. The van der Waals surface area contributed by atoms with Crippen molar-refractivity contribution < 1.29 is 18.0 Å². The van der Waals surface area contributed by atoms with Gasteiger partial charge in [-0.05, 0) is 37.9 Å². The molecular formula is C8H7Br2F3N2O. The second-order valence-corrected chi connectivity index (χ2v) is 4.58. The van der Waals surface area contributed by atoms with E-state index in [1.807, 2.05) is 0 Å². The van der Waals surface area contributed by atoms with Crippen molar-refractivity contribution in [1.82, 2.24) is 10.5 Å². The number of nitrogens with one attached hydrogen (secondary N) is 1. The van der Waals surface area contributed by atoms with E-state index in [0.717, 1.165) is 4.47 Å². The van der Waals surface area contributed by atoms with E-state index in [2.05, 4.69) is 47.2 Å². The van der Waals surface area contributed by atoms with Crippen LogP contribution in [0.2, 0.25) is 0 Å². The molecule has 1 aromatic heterocycles. The summed E-state index contributed by atoms with van der Waals surface area (Å²) in [5.41, 5.74) is 2.75. The summed E-state index contributed by atoms with van der Waals surface area (Å²) in [5.74, 6) is 0. The molecule has 0 saturated heterocycles. The van der Waals surface area contributed by atoms with E-state index in [-0.39, 0.29) is 6.54 Å². The van der Waals surface area contributed by atoms with Crippen LogP contribution in [0.15, 0.2) is 21.2 Å². The van der Waals surface area contributed by atoms with Crippen LogP contribution < -0.4 is 5.48 Å². The van der Waals surface area contributed by atoms with Crippen LogP contribution in [0.4, 0.5) is 13.2 Å². The summed E-state index contributed by atoms with van der Waals surface area (Å²) in [6, 6.07) is 1.74. The first-order valence-electron chi connectivity index (χ1n) is 4.10. The van der Waals surface area contributed by atoms with Gasteiger partial charge < -0.3 is 0 Å². The largest absolute Gasteiger partial charge is 0.413 e. The Bertz CT molecular complexity index is 360. The van der Waals surface area contributed by atoms with Gasteiger partial charge in [-0.15, -0.1) is 0 Å². The molecule has 1 heterocycles. The standard InChI is InChI=1S/C8H7Br2F3N2O/c9-5-1-6(10)7(14-2-5)3-15-16-4-8(11,12)13/h1-2,15H,3-4H2. The molecule has 0 spiro atoms. The van der Waals surface area contributed by atoms with Gasteiger partial charge in [-0.2, -0.15) is 18.7 Å². The van der Waals surface area contributed by atoms with Crippen LogP contribution in [0, 0.1) is 0 Å². The van der Waals surface area contributed by atoms with Gasteiger partial charge in [-0.3, -0.25) is 9.82 Å². The highest BCUT2D eigenvalue weighted by atomic mass is 79.9. The summed E-state index contributed by atoms with van der Waals surface area (Å²) in [5, 5.41) is 0. The van der Waals surface area contributed by atoms with Crippen molar-refractivity contribution in [2.24, 2.45) is 0 Å². The highest BCUT2D eigenvalue weighted by Gasteiger charge is 2.27. The highest BCUT2D eigenvalue weighted by Crippen LogP contribution is 2.19. The number of hydroxylamine groups is 1. The molecule has 3 nitrogen and oxygen atoms in total. The molecule has 8 heteroatoms. The van der Waals surface area contributed by atoms with Gasteiger partial charge in [0.2, 0.25) is 0 Å². The minimum atomic E-state index is -4.34. The van der Waals surface area contributed by atoms with Crippen LogP contribution in [0.3, 0.4) is 0 Å². The second kappa shape index (κ2) is 5.95.